The second-order valence-corrected chi connectivity index (χ2v) is 3.64. The summed E-state index contributed by atoms with van der Waals surface area (Å²) >= 11 is 1.61. The summed E-state index contributed by atoms with van der Waals surface area (Å²) < 4.78 is 0. The van der Waals surface area contributed by atoms with Crippen molar-refractivity contribution in [3.63, 3.8) is 0 Å². The lowest BCUT2D eigenvalue weighted by Gasteiger charge is -1.93. The van der Waals surface area contributed by atoms with E-state index in [1.54, 1.807) is 11.3 Å². The molecule has 0 saturated heterocycles. The highest BCUT2D eigenvalue weighted by atomic mass is 35.5. The van der Waals surface area contributed by atoms with E-state index >= 15 is 0 Å². The Balaban J connectivity index is 0.000000980. The highest BCUT2D eigenvalue weighted by Gasteiger charge is 2.01. The maximum absolute atomic E-state index is 5.49. The van der Waals surface area contributed by atoms with Crippen molar-refractivity contribution < 1.29 is 0 Å². The number of halogens is 2. The minimum absolute atomic E-state index is 0. The van der Waals surface area contributed by atoms with Crippen molar-refractivity contribution in [3.8, 4) is 11.3 Å². The van der Waals surface area contributed by atoms with Crippen molar-refractivity contribution in [2.75, 3.05) is 0 Å². The first kappa shape index (κ1) is 14.4. The lowest BCUT2D eigenvalue weighted by molar-refractivity contribution is 1.04. The van der Waals surface area contributed by atoms with Crippen LogP contribution < -0.4 is 5.73 Å². The molecule has 0 amide bonds. The second kappa shape index (κ2) is 6.80. The van der Waals surface area contributed by atoms with Crippen LogP contribution in [-0.4, -0.2) is 4.98 Å². The quantitative estimate of drug-likeness (QED) is 0.904. The van der Waals surface area contributed by atoms with Crippen LogP contribution in [0.25, 0.3) is 11.3 Å². The van der Waals surface area contributed by atoms with Gasteiger partial charge in [0.15, 0.2) is 0 Å². The molecule has 82 valence electrons. The van der Waals surface area contributed by atoms with E-state index in [1.165, 1.54) is 0 Å². The van der Waals surface area contributed by atoms with E-state index in [0.29, 0.717) is 6.54 Å². The Morgan fingerprint density at radius 2 is 1.80 bits per heavy atom. The van der Waals surface area contributed by atoms with E-state index in [2.05, 4.69) is 17.1 Å². The standard InChI is InChI=1S/C10H10N2S.2ClH/c11-6-10-12-9(7-13-10)8-4-2-1-3-5-8;;/h1-5,7H,6,11H2;2*1H. The van der Waals surface area contributed by atoms with Gasteiger partial charge in [-0.2, -0.15) is 0 Å². The number of hydrogen-bond donors (Lipinski definition) is 1. The molecule has 2 nitrogen and oxygen atoms in total. The molecule has 0 aliphatic heterocycles. The Labute approximate surface area is 105 Å². The lowest BCUT2D eigenvalue weighted by atomic mass is 10.2. The highest BCUT2D eigenvalue weighted by molar-refractivity contribution is 7.09. The van der Waals surface area contributed by atoms with Crippen LogP contribution in [-0.2, 0) is 6.54 Å². The van der Waals surface area contributed by atoms with Gasteiger partial charge in [-0.25, -0.2) is 4.98 Å². The zero-order chi connectivity index (χ0) is 9.10. The number of thiazole rings is 1. The first-order valence-corrected chi connectivity index (χ1v) is 4.98. The van der Waals surface area contributed by atoms with Crippen molar-refractivity contribution in [1.82, 2.24) is 4.98 Å². The topological polar surface area (TPSA) is 38.9 Å². The Hall–Kier alpha value is -0.610. The molecule has 1 aromatic heterocycles. The maximum Gasteiger partial charge on any atom is 0.107 e. The molecule has 0 bridgehead atoms. The number of benzene rings is 1. The number of hydrogen-bond acceptors (Lipinski definition) is 3. The monoisotopic (exact) mass is 262 g/mol. The molecule has 0 aliphatic rings. The van der Waals surface area contributed by atoms with E-state index in [0.717, 1.165) is 16.3 Å². The molecule has 5 heteroatoms. The molecular formula is C10H12Cl2N2S. The molecule has 1 heterocycles. The third kappa shape index (κ3) is 3.47. The Morgan fingerprint density at radius 1 is 1.13 bits per heavy atom. The van der Waals surface area contributed by atoms with Gasteiger partial charge in [0.05, 0.1) is 5.69 Å². The van der Waals surface area contributed by atoms with E-state index in [1.807, 2.05) is 23.6 Å². The minimum Gasteiger partial charge on any atom is -0.325 e. The zero-order valence-corrected chi connectivity index (χ0v) is 10.4. The number of nitrogens with two attached hydrogens (primary N) is 1. The average Bonchev–Trinajstić information content (AvgIpc) is 2.67. The summed E-state index contributed by atoms with van der Waals surface area (Å²) in [6.07, 6.45) is 0. The number of nitrogens with zero attached hydrogens (tertiary/aromatic N) is 1. The molecule has 0 radical (unpaired) electrons. The maximum atomic E-state index is 5.49. The van der Waals surface area contributed by atoms with Crippen molar-refractivity contribution >= 4 is 36.2 Å². The van der Waals surface area contributed by atoms with Crippen LogP contribution in [0.5, 0.6) is 0 Å². The predicted molar refractivity (Wildman–Crippen MR) is 69.9 cm³/mol. The van der Waals surface area contributed by atoms with Gasteiger partial charge in [0, 0.05) is 17.5 Å². The minimum atomic E-state index is 0. The Kier molecular flexibility index (Phi) is 6.52. The van der Waals surface area contributed by atoms with Gasteiger partial charge in [-0.15, -0.1) is 36.2 Å². The number of rotatable bonds is 2. The fraction of sp³-hybridized carbons (Fsp3) is 0.100. The first-order chi connectivity index (χ1) is 6.40. The van der Waals surface area contributed by atoms with Gasteiger partial charge >= 0.3 is 0 Å². The van der Waals surface area contributed by atoms with E-state index in [4.69, 9.17) is 5.73 Å². The molecule has 0 aliphatic carbocycles. The molecule has 15 heavy (non-hydrogen) atoms. The van der Waals surface area contributed by atoms with Gasteiger partial charge < -0.3 is 5.73 Å². The summed E-state index contributed by atoms with van der Waals surface area (Å²) in [6.45, 7) is 0.525. The van der Waals surface area contributed by atoms with Crippen LogP contribution in [0.4, 0.5) is 0 Å². The molecule has 0 unspecified atom stereocenters. The molecule has 1 aromatic carbocycles. The summed E-state index contributed by atoms with van der Waals surface area (Å²) in [7, 11) is 0. The van der Waals surface area contributed by atoms with Crippen LogP contribution in [0.1, 0.15) is 5.01 Å². The third-order valence-electron chi connectivity index (χ3n) is 1.80. The van der Waals surface area contributed by atoms with Crippen LogP contribution in [0.15, 0.2) is 35.7 Å². The molecule has 2 aromatic rings. The van der Waals surface area contributed by atoms with Gasteiger partial charge in [0.2, 0.25) is 0 Å². The van der Waals surface area contributed by atoms with Crippen LogP contribution in [0.2, 0.25) is 0 Å². The molecule has 2 rings (SSSR count). The number of aromatic nitrogens is 1. The van der Waals surface area contributed by atoms with Crippen molar-refractivity contribution in [2.24, 2.45) is 5.73 Å². The summed E-state index contributed by atoms with van der Waals surface area (Å²) in [5, 5.41) is 3.02. The summed E-state index contributed by atoms with van der Waals surface area (Å²) in [4.78, 5) is 4.39. The van der Waals surface area contributed by atoms with Crippen molar-refractivity contribution in [3.05, 3.63) is 40.7 Å². The Bertz CT molecular complexity index is 389. The second-order valence-electron chi connectivity index (χ2n) is 2.70. The van der Waals surface area contributed by atoms with Crippen LogP contribution >= 0.6 is 36.2 Å². The van der Waals surface area contributed by atoms with Gasteiger partial charge in [-0.1, -0.05) is 30.3 Å². The lowest BCUT2D eigenvalue weighted by Crippen LogP contribution is -1.94. The fourth-order valence-corrected chi connectivity index (χ4v) is 1.83. The molecule has 0 atom stereocenters. The molecular weight excluding hydrogens is 251 g/mol. The van der Waals surface area contributed by atoms with Crippen LogP contribution in [0, 0.1) is 0 Å². The van der Waals surface area contributed by atoms with Gasteiger partial charge in [-0.05, 0) is 0 Å². The summed E-state index contributed by atoms with van der Waals surface area (Å²) in [5.41, 5.74) is 7.66. The van der Waals surface area contributed by atoms with E-state index in [9.17, 15) is 0 Å². The van der Waals surface area contributed by atoms with Gasteiger partial charge in [-0.3, -0.25) is 0 Å². The fourth-order valence-electron chi connectivity index (χ4n) is 1.15. The van der Waals surface area contributed by atoms with Crippen molar-refractivity contribution in [2.45, 2.75) is 6.54 Å². The first-order valence-electron chi connectivity index (χ1n) is 4.10. The summed E-state index contributed by atoms with van der Waals surface area (Å²) in [5.74, 6) is 0. The largest absolute Gasteiger partial charge is 0.325 e. The van der Waals surface area contributed by atoms with E-state index in [-0.39, 0.29) is 24.8 Å². The van der Waals surface area contributed by atoms with Crippen molar-refractivity contribution in [1.29, 1.82) is 0 Å². The SMILES string of the molecule is Cl.Cl.NCc1nc(-c2ccccc2)cs1. The summed E-state index contributed by atoms with van der Waals surface area (Å²) in [6, 6.07) is 10.1. The van der Waals surface area contributed by atoms with Gasteiger partial charge in [0.25, 0.3) is 0 Å². The third-order valence-corrected chi connectivity index (χ3v) is 2.67. The van der Waals surface area contributed by atoms with E-state index < -0.39 is 0 Å². The molecule has 0 saturated carbocycles. The molecule has 0 fully saturated rings. The predicted octanol–water partition coefficient (Wildman–Crippen LogP) is 3.11. The smallest absolute Gasteiger partial charge is 0.107 e. The Morgan fingerprint density at radius 3 is 2.33 bits per heavy atom. The van der Waals surface area contributed by atoms with Crippen LogP contribution in [0.3, 0.4) is 0 Å². The molecule has 0 spiro atoms. The average molecular weight is 263 g/mol. The zero-order valence-electron chi connectivity index (χ0n) is 7.92. The highest BCUT2D eigenvalue weighted by Crippen LogP contribution is 2.20. The molecule has 2 N–H and O–H groups in total. The normalized spacial score (nSPS) is 8.87. The van der Waals surface area contributed by atoms with Gasteiger partial charge in [0.1, 0.15) is 5.01 Å².